The zero-order valence-electron chi connectivity index (χ0n) is 14.1. The lowest BCUT2D eigenvalue weighted by Crippen LogP contribution is -2.43. The molecule has 1 aromatic carbocycles. The van der Waals surface area contributed by atoms with Crippen LogP contribution < -0.4 is 5.32 Å². The zero-order valence-corrected chi connectivity index (χ0v) is 14.1. The van der Waals surface area contributed by atoms with Crippen LogP contribution >= 0.6 is 0 Å². The number of hydrogen-bond donors (Lipinski definition) is 2. The van der Waals surface area contributed by atoms with Crippen LogP contribution in [-0.2, 0) is 16.4 Å². The summed E-state index contributed by atoms with van der Waals surface area (Å²) in [6.45, 7) is 1.90. The van der Waals surface area contributed by atoms with E-state index in [0.29, 0.717) is 6.54 Å². The van der Waals surface area contributed by atoms with E-state index in [1.165, 1.54) is 31.0 Å². The SMILES string of the molecule is CC(CN(C)C(=O)NCC1(c2ccc(C(F)(F)F)cc2)CC1)C(=O)O. The van der Waals surface area contributed by atoms with Gasteiger partial charge in [-0.3, -0.25) is 4.79 Å². The highest BCUT2D eigenvalue weighted by molar-refractivity contribution is 5.75. The molecule has 2 rings (SSSR count). The number of urea groups is 1. The van der Waals surface area contributed by atoms with Gasteiger partial charge in [0.1, 0.15) is 0 Å². The molecule has 1 aliphatic carbocycles. The van der Waals surface area contributed by atoms with Gasteiger partial charge in [-0.25, -0.2) is 4.79 Å². The molecule has 0 heterocycles. The number of halogens is 3. The topological polar surface area (TPSA) is 69.6 Å². The summed E-state index contributed by atoms with van der Waals surface area (Å²) in [4.78, 5) is 24.2. The molecule has 2 N–H and O–H groups in total. The van der Waals surface area contributed by atoms with E-state index in [9.17, 15) is 22.8 Å². The van der Waals surface area contributed by atoms with Crippen molar-refractivity contribution in [2.24, 2.45) is 5.92 Å². The van der Waals surface area contributed by atoms with Gasteiger partial charge in [-0.2, -0.15) is 13.2 Å². The molecule has 25 heavy (non-hydrogen) atoms. The molecule has 1 aromatic rings. The van der Waals surface area contributed by atoms with Gasteiger partial charge in [0, 0.05) is 25.6 Å². The number of carboxylic acid groups (broad SMARTS) is 1. The van der Waals surface area contributed by atoms with Crippen LogP contribution in [0.5, 0.6) is 0 Å². The standard InChI is InChI=1S/C17H21F3N2O3/c1-11(14(23)24)9-22(2)15(25)21-10-16(7-8-16)12-3-5-13(6-4-12)17(18,19)20/h3-6,11H,7-10H2,1-2H3,(H,21,25)(H,23,24). The van der Waals surface area contributed by atoms with Crippen molar-refractivity contribution >= 4 is 12.0 Å². The minimum Gasteiger partial charge on any atom is -0.481 e. The van der Waals surface area contributed by atoms with Gasteiger partial charge in [0.25, 0.3) is 0 Å². The van der Waals surface area contributed by atoms with Crippen LogP contribution in [0.15, 0.2) is 24.3 Å². The van der Waals surface area contributed by atoms with Gasteiger partial charge in [-0.15, -0.1) is 0 Å². The summed E-state index contributed by atoms with van der Waals surface area (Å²) in [6.07, 6.45) is -2.80. The van der Waals surface area contributed by atoms with Crippen LogP contribution in [0.2, 0.25) is 0 Å². The van der Waals surface area contributed by atoms with E-state index in [0.717, 1.165) is 30.5 Å². The first-order valence-corrected chi connectivity index (χ1v) is 7.95. The summed E-state index contributed by atoms with van der Waals surface area (Å²) in [6, 6.07) is 4.62. The molecule has 8 heteroatoms. The van der Waals surface area contributed by atoms with E-state index in [4.69, 9.17) is 5.11 Å². The van der Waals surface area contributed by atoms with Crippen molar-refractivity contribution in [2.75, 3.05) is 20.1 Å². The van der Waals surface area contributed by atoms with Crippen LogP contribution in [0.25, 0.3) is 0 Å². The molecule has 2 amide bonds. The first-order chi connectivity index (χ1) is 11.5. The van der Waals surface area contributed by atoms with E-state index in [-0.39, 0.29) is 12.0 Å². The van der Waals surface area contributed by atoms with Crippen LogP contribution in [0.3, 0.4) is 0 Å². The molecule has 1 saturated carbocycles. The Kier molecular flexibility index (Phi) is 5.29. The number of benzene rings is 1. The van der Waals surface area contributed by atoms with E-state index in [1.54, 1.807) is 0 Å². The summed E-state index contributed by atoms with van der Waals surface area (Å²) in [5.74, 6) is -1.66. The molecule has 0 radical (unpaired) electrons. The van der Waals surface area contributed by atoms with Crippen molar-refractivity contribution in [1.29, 1.82) is 0 Å². The molecular formula is C17H21F3N2O3. The lowest BCUT2D eigenvalue weighted by atomic mass is 9.95. The van der Waals surface area contributed by atoms with Crippen LogP contribution in [0.1, 0.15) is 30.9 Å². The van der Waals surface area contributed by atoms with Crippen molar-refractivity contribution in [1.82, 2.24) is 10.2 Å². The fraction of sp³-hybridized carbons (Fsp3) is 0.529. The minimum absolute atomic E-state index is 0.0778. The number of aliphatic carboxylic acids is 1. The number of carbonyl (C=O) groups excluding carboxylic acids is 1. The first-order valence-electron chi connectivity index (χ1n) is 7.95. The molecule has 1 aliphatic rings. The van der Waals surface area contributed by atoms with E-state index < -0.39 is 29.7 Å². The maximum absolute atomic E-state index is 12.6. The third kappa shape index (κ3) is 4.64. The highest BCUT2D eigenvalue weighted by Gasteiger charge is 2.45. The molecule has 5 nitrogen and oxygen atoms in total. The summed E-state index contributed by atoms with van der Waals surface area (Å²) in [7, 11) is 1.51. The normalized spacial score (nSPS) is 16.8. The number of nitrogens with zero attached hydrogens (tertiary/aromatic N) is 1. The van der Waals surface area contributed by atoms with Gasteiger partial charge >= 0.3 is 18.2 Å². The Morgan fingerprint density at radius 1 is 1.28 bits per heavy atom. The van der Waals surface area contributed by atoms with E-state index in [2.05, 4.69) is 5.32 Å². The maximum Gasteiger partial charge on any atom is 0.416 e. The van der Waals surface area contributed by atoms with Gasteiger partial charge < -0.3 is 15.3 Å². The third-order valence-electron chi connectivity index (χ3n) is 4.57. The summed E-state index contributed by atoms with van der Waals surface area (Å²) in [5.41, 5.74) is -0.264. The van der Waals surface area contributed by atoms with Gasteiger partial charge in [0.15, 0.2) is 0 Å². The Morgan fingerprint density at radius 2 is 1.84 bits per heavy atom. The molecule has 1 atom stereocenters. The summed E-state index contributed by atoms with van der Waals surface area (Å²) < 4.78 is 37.9. The lowest BCUT2D eigenvalue weighted by Gasteiger charge is -2.23. The molecule has 1 unspecified atom stereocenters. The largest absolute Gasteiger partial charge is 0.481 e. The Morgan fingerprint density at radius 3 is 2.28 bits per heavy atom. The monoisotopic (exact) mass is 358 g/mol. The smallest absolute Gasteiger partial charge is 0.416 e. The molecular weight excluding hydrogens is 337 g/mol. The fourth-order valence-electron chi connectivity index (χ4n) is 2.68. The zero-order chi connectivity index (χ0) is 18.8. The van der Waals surface area contributed by atoms with Crippen molar-refractivity contribution in [2.45, 2.75) is 31.4 Å². The minimum atomic E-state index is -4.37. The van der Waals surface area contributed by atoms with Crippen molar-refractivity contribution in [3.05, 3.63) is 35.4 Å². The van der Waals surface area contributed by atoms with E-state index >= 15 is 0 Å². The lowest BCUT2D eigenvalue weighted by molar-refractivity contribution is -0.141. The Hall–Kier alpha value is -2.25. The van der Waals surface area contributed by atoms with Gasteiger partial charge in [0.05, 0.1) is 11.5 Å². The second-order valence-corrected chi connectivity index (χ2v) is 6.63. The maximum atomic E-state index is 12.6. The molecule has 1 fully saturated rings. The van der Waals surface area contributed by atoms with Gasteiger partial charge in [0.2, 0.25) is 0 Å². The number of nitrogens with one attached hydrogen (secondary N) is 1. The predicted octanol–water partition coefficient (Wildman–Crippen LogP) is 3.10. The van der Waals surface area contributed by atoms with Crippen LogP contribution in [0.4, 0.5) is 18.0 Å². The Balaban J connectivity index is 1.94. The molecule has 138 valence electrons. The number of rotatable bonds is 6. The second kappa shape index (κ2) is 6.93. The number of alkyl halides is 3. The number of amides is 2. The van der Waals surface area contributed by atoms with Crippen molar-refractivity contribution < 1.29 is 27.9 Å². The average molecular weight is 358 g/mol. The molecule has 0 aliphatic heterocycles. The van der Waals surface area contributed by atoms with Crippen molar-refractivity contribution in [3.8, 4) is 0 Å². The second-order valence-electron chi connectivity index (χ2n) is 6.63. The summed E-state index contributed by atoms with van der Waals surface area (Å²) in [5, 5.41) is 11.6. The van der Waals surface area contributed by atoms with Gasteiger partial charge in [-0.05, 0) is 30.5 Å². The third-order valence-corrected chi connectivity index (χ3v) is 4.57. The van der Waals surface area contributed by atoms with E-state index in [1.807, 2.05) is 0 Å². The highest BCUT2D eigenvalue weighted by Crippen LogP contribution is 2.48. The molecule has 0 bridgehead atoms. The molecule has 0 spiro atoms. The average Bonchev–Trinajstić information content (AvgIpc) is 3.33. The Labute approximate surface area is 143 Å². The molecule has 0 aromatic heterocycles. The quantitative estimate of drug-likeness (QED) is 0.821. The van der Waals surface area contributed by atoms with Crippen LogP contribution in [0, 0.1) is 5.92 Å². The number of hydrogen-bond acceptors (Lipinski definition) is 2. The van der Waals surface area contributed by atoms with Gasteiger partial charge in [-0.1, -0.05) is 19.1 Å². The highest BCUT2D eigenvalue weighted by atomic mass is 19.4. The van der Waals surface area contributed by atoms with Crippen LogP contribution in [-0.4, -0.2) is 42.1 Å². The number of carbonyl (C=O) groups is 2. The first kappa shape index (κ1) is 19.1. The predicted molar refractivity (Wildman–Crippen MR) is 85.2 cm³/mol. The molecule has 0 saturated heterocycles. The van der Waals surface area contributed by atoms with Crippen molar-refractivity contribution in [3.63, 3.8) is 0 Å². The number of carboxylic acids is 1. The summed E-state index contributed by atoms with van der Waals surface area (Å²) >= 11 is 0. The Bertz CT molecular complexity index is 640. The fourth-order valence-corrected chi connectivity index (χ4v) is 2.68.